The average molecular weight is 308 g/mol. The molecule has 1 heterocycles. The van der Waals surface area contributed by atoms with Gasteiger partial charge in [0.25, 0.3) is 10.1 Å². The molecule has 2 atom stereocenters. The van der Waals surface area contributed by atoms with Gasteiger partial charge in [-0.25, -0.2) is 0 Å². The van der Waals surface area contributed by atoms with Crippen molar-refractivity contribution in [3.63, 3.8) is 0 Å². The van der Waals surface area contributed by atoms with E-state index in [0.29, 0.717) is 6.42 Å². The molecule has 0 spiro atoms. The summed E-state index contributed by atoms with van der Waals surface area (Å²) in [5.74, 6) is -0.481. The number of hydrogen-bond donors (Lipinski definition) is 0. The van der Waals surface area contributed by atoms with Crippen molar-refractivity contribution in [2.75, 3.05) is 12.9 Å². The Morgan fingerprint density at radius 2 is 1.90 bits per heavy atom. The molecule has 1 saturated heterocycles. The van der Waals surface area contributed by atoms with Crippen molar-refractivity contribution < 1.29 is 26.9 Å². The third-order valence-electron chi connectivity index (χ3n) is 3.37. The van der Waals surface area contributed by atoms with Gasteiger partial charge in [0.05, 0.1) is 17.5 Å². The predicted molar refractivity (Wildman–Crippen MR) is 73.8 cm³/mol. The highest BCUT2D eigenvalue weighted by molar-refractivity contribution is 7.86. The second-order valence-electron chi connectivity index (χ2n) is 6.12. The van der Waals surface area contributed by atoms with Crippen LogP contribution >= 0.6 is 0 Å². The number of ether oxygens (including phenoxy) is 2. The molecular formula is C13H24O6S. The van der Waals surface area contributed by atoms with Crippen LogP contribution < -0.4 is 0 Å². The van der Waals surface area contributed by atoms with Gasteiger partial charge in [-0.3, -0.25) is 8.98 Å². The first-order valence-electron chi connectivity index (χ1n) is 6.65. The van der Waals surface area contributed by atoms with Gasteiger partial charge in [-0.05, 0) is 40.0 Å². The van der Waals surface area contributed by atoms with E-state index in [2.05, 4.69) is 0 Å². The van der Waals surface area contributed by atoms with E-state index in [1.165, 1.54) is 6.92 Å². The van der Waals surface area contributed by atoms with Gasteiger partial charge in [-0.2, -0.15) is 8.42 Å². The maximum absolute atomic E-state index is 11.4. The molecule has 0 saturated carbocycles. The van der Waals surface area contributed by atoms with Gasteiger partial charge < -0.3 is 9.47 Å². The zero-order valence-electron chi connectivity index (χ0n) is 12.8. The van der Waals surface area contributed by atoms with E-state index in [1.54, 1.807) is 6.92 Å². The van der Waals surface area contributed by atoms with E-state index in [1.807, 2.05) is 13.8 Å². The minimum atomic E-state index is -3.67. The van der Waals surface area contributed by atoms with E-state index >= 15 is 0 Å². The Balaban J connectivity index is 2.92. The van der Waals surface area contributed by atoms with Gasteiger partial charge in [-0.15, -0.1) is 0 Å². The molecule has 1 aliphatic rings. The summed E-state index contributed by atoms with van der Waals surface area (Å²) in [5, 5.41) is 0. The zero-order valence-corrected chi connectivity index (χ0v) is 13.6. The quantitative estimate of drug-likeness (QED) is 0.567. The highest BCUT2D eigenvalue weighted by atomic mass is 32.2. The van der Waals surface area contributed by atoms with Crippen LogP contribution in [-0.4, -0.2) is 44.6 Å². The summed E-state index contributed by atoms with van der Waals surface area (Å²) in [6, 6.07) is 0. The maximum Gasteiger partial charge on any atom is 0.302 e. The first-order chi connectivity index (χ1) is 8.94. The van der Waals surface area contributed by atoms with Crippen LogP contribution in [0.15, 0.2) is 0 Å². The highest BCUT2D eigenvalue weighted by Crippen LogP contribution is 2.38. The largest absolute Gasteiger partial charge is 0.463 e. The Labute approximate surface area is 120 Å². The lowest BCUT2D eigenvalue weighted by atomic mass is 9.84. The Morgan fingerprint density at radius 1 is 1.30 bits per heavy atom. The minimum absolute atomic E-state index is 0.144. The minimum Gasteiger partial charge on any atom is -0.463 e. The Bertz CT molecular complexity index is 455. The highest BCUT2D eigenvalue weighted by Gasteiger charge is 2.45. The van der Waals surface area contributed by atoms with Crippen molar-refractivity contribution in [2.24, 2.45) is 0 Å². The van der Waals surface area contributed by atoms with Crippen LogP contribution in [0.1, 0.15) is 47.0 Å². The molecular weight excluding hydrogens is 284 g/mol. The molecule has 6 nitrogen and oxygen atoms in total. The van der Waals surface area contributed by atoms with Crippen molar-refractivity contribution in [1.29, 1.82) is 0 Å². The molecule has 0 N–H and O–H groups in total. The number of rotatable bonds is 5. The van der Waals surface area contributed by atoms with Crippen molar-refractivity contribution in [3.05, 3.63) is 0 Å². The summed E-state index contributed by atoms with van der Waals surface area (Å²) >= 11 is 0. The normalized spacial score (nSPS) is 27.9. The van der Waals surface area contributed by atoms with Crippen LogP contribution in [-0.2, 0) is 28.6 Å². The summed E-state index contributed by atoms with van der Waals surface area (Å²) in [7, 11) is -3.67. The summed E-state index contributed by atoms with van der Waals surface area (Å²) in [4.78, 5) is 11.0. The molecule has 1 rings (SSSR count). The van der Waals surface area contributed by atoms with E-state index in [-0.39, 0.29) is 12.2 Å². The fourth-order valence-electron chi connectivity index (χ4n) is 2.53. The Kier molecular flexibility index (Phi) is 5.21. The van der Waals surface area contributed by atoms with Gasteiger partial charge in [-0.1, -0.05) is 0 Å². The maximum atomic E-state index is 11.4. The van der Waals surface area contributed by atoms with Crippen LogP contribution in [0.25, 0.3) is 0 Å². The molecule has 0 aromatic rings. The molecule has 1 fully saturated rings. The lowest BCUT2D eigenvalue weighted by Gasteiger charge is -2.46. The van der Waals surface area contributed by atoms with Crippen LogP contribution in [0, 0.1) is 0 Å². The molecule has 0 radical (unpaired) electrons. The van der Waals surface area contributed by atoms with Crippen LogP contribution in [0.4, 0.5) is 0 Å². The fraction of sp³-hybridized carbons (Fsp3) is 0.923. The van der Waals surface area contributed by atoms with E-state index in [4.69, 9.17) is 13.7 Å². The van der Waals surface area contributed by atoms with Gasteiger partial charge in [0.1, 0.15) is 12.7 Å². The first kappa shape index (κ1) is 17.4. The summed E-state index contributed by atoms with van der Waals surface area (Å²) < 4.78 is 38.9. The third kappa shape index (κ3) is 5.38. The van der Waals surface area contributed by atoms with Crippen LogP contribution in [0.2, 0.25) is 0 Å². The Hall–Kier alpha value is -0.660. The SMILES string of the molecule is CC(=O)OC[C@@H](OS(C)(=O)=O)[C@]1(C)CCCC(C)(C)O1. The van der Waals surface area contributed by atoms with Gasteiger partial charge in [0.15, 0.2) is 0 Å². The van der Waals surface area contributed by atoms with Crippen molar-refractivity contribution in [1.82, 2.24) is 0 Å². The monoisotopic (exact) mass is 308 g/mol. The molecule has 0 bridgehead atoms. The molecule has 0 unspecified atom stereocenters. The molecule has 0 aromatic heterocycles. The summed E-state index contributed by atoms with van der Waals surface area (Å²) in [5.41, 5.74) is -1.16. The third-order valence-corrected chi connectivity index (χ3v) is 3.95. The number of hydrogen-bond acceptors (Lipinski definition) is 6. The Morgan fingerprint density at radius 3 is 2.35 bits per heavy atom. The zero-order chi connectivity index (χ0) is 15.6. The molecule has 7 heteroatoms. The van der Waals surface area contributed by atoms with Gasteiger partial charge in [0, 0.05) is 6.92 Å². The molecule has 118 valence electrons. The van der Waals surface area contributed by atoms with Gasteiger partial charge >= 0.3 is 5.97 Å². The molecule has 0 amide bonds. The van der Waals surface area contributed by atoms with E-state index in [0.717, 1.165) is 19.1 Å². The standard InChI is InChI=1S/C13H24O6S/c1-10(14)17-9-11(18-20(5,15)16)13(4)8-6-7-12(2,3)19-13/h11H,6-9H2,1-5H3/t11-,13+/m1/s1. The smallest absolute Gasteiger partial charge is 0.302 e. The van der Waals surface area contributed by atoms with E-state index < -0.39 is 27.8 Å². The van der Waals surface area contributed by atoms with Crippen LogP contribution in [0.5, 0.6) is 0 Å². The number of esters is 1. The fourth-order valence-corrected chi connectivity index (χ4v) is 3.22. The number of carbonyl (C=O) groups is 1. The van der Waals surface area contributed by atoms with Crippen molar-refractivity contribution >= 4 is 16.1 Å². The molecule has 20 heavy (non-hydrogen) atoms. The first-order valence-corrected chi connectivity index (χ1v) is 8.47. The number of carbonyl (C=O) groups excluding carboxylic acids is 1. The van der Waals surface area contributed by atoms with Crippen molar-refractivity contribution in [3.8, 4) is 0 Å². The second kappa shape index (κ2) is 5.99. The lowest BCUT2D eigenvalue weighted by molar-refractivity contribution is -0.210. The topological polar surface area (TPSA) is 78.9 Å². The average Bonchev–Trinajstić information content (AvgIpc) is 2.20. The van der Waals surface area contributed by atoms with E-state index in [9.17, 15) is 13.2 Å². The molecule has 0 aliphatic carbocycles. The van der Waals surface area contributed by atoms with Crippen LogP contribution in [0.3, 0.4) is 0 Å². The molecule has 0 aromatic carbocycles. The van der Waals surface area contributed by atoms with Gasteiger partial charge in [0.2, 0.25) is 0 Å². The summed E-state index contributed by atoms with van der Waals surface area (Å²) in [6.45, 7) is 6.83. The molecule has 1 aliphatic heterocycles. The summed E-state index contributed by atoms with van der Waals surface area (Å²) in [6.07, 6.45) is 2.57. The van der Waals surface area contributed by atoms with Crippen molar-refractivity contribution in [2.45, 2.75) is 64.3 Å². The predicted octanol–water partition coefficient (Wildman–Crippen LogP) is 1.63. The lowest BCUT2D eigenvalue weighted by Crippen LogP contribution is -2.54. The second-order valence-corrected chi connectivity index (χ2v) is 7.72.